The number of esters is 1. The van der Waals surface area contributed by atoms with E-state index in [-0.39, 0.29) is 25.4 Å². The number of hydrogen-bond donors (Lipinski definition) is 4. The Kier molecular flexibility index (Phi) is 8.47. The summed E-state index contributed by atoms with van der Waals surface area (Å²) in [5, 5.41) is 25.3. The number of ether oxygens (including phenoxy) is 1. The average Bonchev–Trinajstić information content (AvgIpc) is 3.19. The molecule has 0 aliphatic heterocycles. The summed E-state index contributed by atoms with van der Waals surface area (Å²) in [6.45, 7) is 1.07. The number of benzene rings is 1. The van der Waals surface area contributed by atoms with Crippen molar-refractivity contribution < 1.29 is 29.3 Å². The van der Waals surface area contributed by atoms with Crippen molar-refractivity contribution in [1.82, 2.24) is 4.90 Å². The van der Waals surface area contributed by atoms with Crippen LogP contribution in [0.15, 0.2) is 42.0 Å². The van der Waals surface area contributed by atoms with Crippen molar-refractivity contribution in [2.24, 2.45) is 5.73 Å². The van der Waals surface area contributed by atoms with Crippen molar-refractivity contribution in [3.8, 4) is 5.75 Å². The minimum Gasteiger partial charge on any atom is -0.480 e. The number of amides is 1. The van der Waals surface area contributed by atoms with E-state index >= 15 is 0 Å². The third-order valence-corrected chi connectivity index (χ3v) is 5.11. The Morgan fingerprint density at radius 3 is 2.45 bits per heavy atom. The number of rotatable bonds is 10. The molecule has 164 valence electrons. The molecule has 0 saturated carbocycles. The van der Waals surface area contributed by atoms with Crippen LogP contribution in [0.1, 0.15) is 33.5 Å². The zero-order valence-corrected chi connectivity index (χ0v) is 17.6. The lowest BCUT2D eigenvalue weighted by Gasteiger charge is -2.20. The topological polar surface area (TPSA) is 154 Å². The molecule has 1 aromatic carbocycles. The third kappa shape index (κ3) is 7.05. The number of thiophene rings is 1. The molecule has 0 saturated heterocycles. The predicted octanol–water partition coefficient (Wildman–Crippen LogP) is 1.95. The Morgan fingerprint density at radius 2 is 1.87 bits per heavy atom. The average molecular weight is 445 g/mol. The van der Waals surface area contributed by atoms with E-state index in [1.807, 2.05) is 0 Å². The van der Waals surface area contributed by atoms with E-state index in [1.165, 1.54) is 12.1 Å². The number of carboxylic acid groups (broad SMARTS) is 1. The van der Waals surface area contributed by atoms with Crippen molar-refractivity contribution in [2.45, 2.75) is 13.3 Å². The van der Waals surface area contributed by atoms with Gasteiger partial charge in [-0.25, -0.2) is 4.79 Å². The fraction of sp³-hybridized carbons (Fsp3) is 0.238. The molecule has 5 N–H and O–H groups in total. The van der Waals surface area contributed by atoms with E-state index in [0.29, 0.717) is 26.6 Å². The highest BCUT2D eigenvalue weighted by molar-refractivity contribution is 7.14. The van der Waals surface area contributed by atoms with Gasteiger partial charge in [-0.05, 0) is 55.8 Å². The van der Waals surface area contributed by atoms with Crippen LogP contribution in [0.3, 0.4) is 0 Å². The lowest BCUT2D eigenvalue weighted by atomic mass is 10.2. The quantitative estimate of drug-likeness (QED) is 0.143. The minimum absolute atomic E-state index is 0.0873. The summed E-state index contributed by atoms with van der Waals surface area (Å²) in [6, 6.07) is 9.45. The Balaban J connectivity index is 2.08. The van der Waals surface area contributed by atoms with Crippen LogP contribution >= 0.6 is 11.3 Å². The van der Waals surface area contributed by atoms with Crippen LogP contribution in [0.4, 0.5) is 0 Å². The van der Waals surface area contributed by atoms with Crippen LogP contribution in [-0.4, -0.2) is 58.5 Å². The number of nitrogens with two attached hydrogens (primary N) is 1. The van der Waals surface area contributed by atoms with Gasteiger partial charge in [0, 0.05) is 29.2 Å². The second-order valence-electron chi connectivity index (χ2n) is 6.55. The summed E-state index contributed by atoms with van der Waals surface area (Å²) < 4.78 is 5.30. The van der Waals surface area contributed by atoms with Gasteiger partial charge in [0.15, 0.2) is 0 Å². The van der Waals surface area contributed by atoms with Crippen molar-refractivity contribution >= 4 is 41.1 Å². The maximum absolute atomic E-state index is 12.5. The highest BCUT2D eigenvalue weighted by atomic mass is 32.1. The van der Waals surface area contributed by atoms with Gasteiger partial charge in [0.25, 0.3) is 0 Å². The molecule has 2 rings (SSSR count). The smallest absolute Gasteiger partial charge is 0.353 e. The fourth-order valence-electron chi connectivity index (χ4n) is 2.60. The summed E-state index contributed by atoms with van der Waals surface area (Å²) in [6.07, 6.45) is 1.84. The third-order valence-electron chi connectivity index (χ3n) is 4.10. The largest absolute Gasteiger partial charge is 0.480 e. The molecule has 9 nitrogen and oxygen atoms in total. The number of carbonyl (C=O) groups excluding carboxylic acids is 2. The first kappa shape index (κ1) is 23.8. The van der Waals surface area contributed by atoms with Gasteiger partial charge in [-0.2, -0.15) is 0 Å². The first-order valence-electron chi connectivity index (χ1n) is 9.28. The van der Waals surface area contributed by atoms with Crippen molar-refractivity contribution in [1.29, 1.82) is 5.41 Å². The van der Waals surface area contributed by atoms with Crippen molar-refractivity contribution in [3.63, 3.8) is 0 Å². The number of carboxylic acids is 1. The van der Waals surface area contributed by atoms with Crippen LogP contribution in [0.25, 0.3) is 6.08 Å². The summed E-state index contributed by atoms with van der Waals surface area (Å²) in [7, 11) is 0. The van der Waals surface area contributed by atoms with Crippen LogP contribution in [-0.2, 0) is 9.59 Å². The maximum Gasteiger partial charge on any atom is 0.353 e. The van der Waals surface area contributed by atoms with Gasteiger partial charge in [0.1, 0.15) is 23.0 Å². The molecule has 0 bridgehead atoms. The number of carbonyl (C=O) groups is 3. The summed E-state index contributed by atoms with van der Waals surface area (Å²) in [5.41, 5.74) is 6.21. The summed E-state index contributed by atoms with van der Waals surface area (Å²) in [5.74, 6) is -1.95. The number of aliphatic hydroxyl groups excluding tert-OH is 1. The van der Waals surface area contributed by atoms with Crippen LogP contribution < -0.4 is 10.5 Å². The molecular formula is C21H23N3O6S. The van der Waals surface area contributed by atoms with E-state index in [4.69, 9.17) is 26.1 Å². The van der Waals surface area contributed by atoms with Crippen LogP contribution in [0.5, 0.6) is 5.75 Å². The predicted molar refractivity (Wildman–Crippen MR) is 116 cm³/mol. The zero-order valence-electron chi connectivity index (χ0n) is 16.8. The number of aliphatic carboxylic acids is 1. The number of amidine groups is 1. The highest BCUT2D eigenvalue weighted by Crippen LogP contribution is 2.22. The van der Waals surface area contributed by atoms with Crippen LogP contribution in [0, 0.1) is 5.41 Å². The van der Waals surface area contributed by atoms with E-state index in [0.717, 1.165) is 16.2 Å². The Morgan fingerprint density at radius 1 is 1.19 bits per heavy atom. The second-order valence-corrected chi connectivity index (χ2v) is 7.67. The molecule has 0 radical (unpaired) electrons. The number of nitrogens with zero attached hydrogens (tertiary/aromatic N) is 1. The van der Waals surface area contributed by atoms with Gasteiger partial charge >= 0.3 is 11.9 Å². The number of nitrogens with one attached hydrogen (secondary N) is 1. The zero-order chi connectivity index (χ0) is 23.0. The van der Waals surface area contributed by atoms with Gasteiger partial charge in [-0.15, -0.1) is 11.3 Å². The Labute approximate surface area is 182 Å². The van der Waals surface area contributed by atoms with E-state index in [9.17, 15) is 14.4 Å². The first-order chi connectivity index (χ1) is 14.7. The molecule has 1 heterocycles. The van der Waals surface area contributed by atoms with E-state index in [1.54, 1.807) is 37.3 Å². The molecule has 31 heavy (non-hydrogen) atoms. The molecule has 0 unspecified atom stereocenters. The molecule has 0 fully saturated rings. The molecule has 0 atom stereocenters. The van der Waals surface area contributed by atoms with Crippen molar-refractivity contribution in [2.75, 3.05) is 19.7 Å². The number of aliphatic hydroxyl groups is 1. The van der Waals surface area contributed by atoms with Gasteiger partial charge in [-0.3, -0.25) is 15.0 Å². The molecule has 10 heteroatoms. The monoisotopic (exact) mass is 445 g/mol. The van der Waals surface area contributed by atoms with Crippen LogP contribution in [0.2, 0.25) is 0 Å². The first-order valence-corrected chi connectivity index (χ1v) is 10.1. The Bertz CT molecular complexity index is 997. The summed E-state index contributed by atoms with van der Waals surface area (Å²) in [4.78, 5) is 38.0. The van der Waals surface area contributed by atoms with Gasteiger partial charge < -0.3 is 25.6 Å². The summed E-state index contributed by atoms with van der Waals surface area (Å²) >= 11 is 1.13. The molecule has 1 amide bonds. The Hall–Kier alpha value is -3.50. The van der Waals surface area contributed by atoms with Gasteiger partial charge in [0.2, 0.25) is 5.91 Å². The normalized spacial score (nSPS) is 11.1. The maximum atomic E-state index is 12.5. The number of hydrogen-bond acceptors (Lipinski definition) is 7. The molecule has 0 spiro atoms. The standard InChI is InChI=1S/C21H23N3O6S/c1-13(20(28)24(9-2-10-25)12-18(26)27)11-16-7-8-17(31-16)21(29)30-15-5-3-14(4-6-15)19(22)23/h3-8,11,25H,2,9-10,12H2,1H3,(H3,22,23)(H,26,27)/b13-11+. The lowest BCUT2D eigenvalue weighted by molar-refractivity contribution is -0.143. The van der Waals surface area contributed by atoms with E-state index in [2.05, 4.69) is 0 Å². The SMILES string of the molecule is C/C(=C\c1ccc(C(=O)Oc2ccc(C(=N)N)cc2)s1)C(=O)N(CCCO)CC(=O)O. The molecular weight excluding hydrogens is 422 g/mol. The number of nitrogen functional groups attached to an aromatic ring is 1. The fourth-order valence-corrected chi connectivity index (χ4v) is 3.49. The van der Waals surface area contributed by atoms with Crippen molar-refractivity contribution in [3.05, 3.63) is 57.3 Å². The highest BCUT2D eigenvalue weighted by Gasteiger charge is 2.18. The molecule has 1 aromatic heterocycles. The molecule has 0 aliphatic carbocycles. The van der Waals surface area contributed by atoms with E-state index < -0.39 is 24.4 Å². The van der Waals surface area contributed by atoms with Gasteiger partial charge in [0.05, 0.1) is 0 Å². The minimum atomic E-state index is -1.14. The van der Waals surface area contributed by atoms with Gasteiger partial charge in [-0.1, -0.05) is 0 Å². The lowest BCUT2D eigenvalue weighted by Crippen LogP contribution is -2.37. The molecule has 0 aliphatic rings. The second kappa shape index (κ2) is 11.0. The molecule has 2 aromatic rings.